The Balaban J connectivity index is 1.33. The van der Waals surface area contributed by atoms with Gasteiger partial charge in [0.2, 0.25) is 0 Å². The number of rotatable bonds is 4. The predicted molar refractivity (Wildman–Crippen MR) is 98.6 cm³/mol. The van der Waals surface area contributed by atoms with E-state index in [2.05, 4.69) is 40.7 Å². The quantitative estimate of drug-likeness (QED) is 0.932. The zero-order valence-electron chi connectivity index (χ0n) is 14.3. The van der Waals surface area contributed by atoms with Crippen LogP contribution in [-0.4, -0.2) is 29.7 Å². The molecule has 0 spiro atoms. The van der Waals surface area contributed by atoms with Crippen LogP contribution in [0.4, 0.5) is 0 Å². The summed E-state index contributed by atoms with van der Waals surface area (Å²) in [6.45, 7) is 3.01. The lowest BCUT2D eigenvalue weighted by atomic mass is 9.78. The van der Waals surface area contributed by atoms with Gasteiger partial charge in [-0.3, -0.25) is 4.90 Å². The van der Waals surface area contributed by atoms with Crippen molar-refractivity contribution in [1.29, 1.82) is 0 Å². The molecule has 3 saturated heterocycles. The van der Waals surface area contributed by atoms with Gasteiger partial charge in [-0.2, -0.15) is 5.10 Å². The molecule has 2 bridgehead atoms. The SMILES string of the molecule is c1ccc(COc2cccc(C3NN=C4C5CCN(CC5)C43)c2)cc1. The van der Waals surface area contributed by atoms with Gasteiger partial charge in [0.15, 0.2) is 0 Å². The molecule has 0 saturated carbocycles. The lowest BCUT2D eigenvalue weighted by Gasteiger charge is -2.45. The van der Waals surface area contributed by atoms with Gasteiger partial charge in [0, 0.05) is 5.92 Å². The van der Waals surface area contributed by atoms with Crippen LogP contribution >= 0.6 is 0 Å². The average molecular weight is 333 g/mol. The van der Waals surface area contributed by atoms with E-state index in [4.69, 9.17) is 9.84 Å². The maximum atomic E-state index is 6.01. The van der Waals surface area contributed by atoms with Crippen LogP contribution in [0.25, 0.3) is 0 Å². The minimum absolute atomic E-state index is 0.248. The third-order valence-corrected chi connectivity index (χ3v) is 5.76. The summed E-state index contributed by atoms with van der Waals surface area (Å²) < 4.78 is 6.01. The van der Waals surface area contributed by atoms with Crippen molar-refractivity contribution in [3.05, 3.63) is 65.7 Å². The molecule has 4 aliphatic rings. The molecule has 6 rings (SSSR count). The Hall–Kier alpha value is -2.33. The van der Waals surface area contributed by atoms with Gasteiger partial charge >= 0.3 is 0 Å². The van der Waals surface area contributed by atoms with Crippen molar-refractivity contribution in [3.63, 3.8) is 0 Å². The van der Waals surface area contributed by atoms with Gasteiger partial charge in [0.05, 0.1) is 17.8 Å². The first-order valence-corrected chi connectivity index (χ1v) is 9.22. The van der Waals surface area contributed by atoms with E-state index in [1.165, 1.54) is 42.8 Å². The first-order valence-electron chi connectivity index (χ1n) is 9.22. The Bertz CT molecular complexity index is 781. The average Bonchev–Trinajstić information content (AvgIpc) is 3.16. The second kappa shape index (κ2) is 6.19. The maximum Gasteiger partial charge on any atom is 0.120 e. The number of fused-ring (bicyclic) bond motifs is 2. The van der Waals surface area contributed by atoms with Crippen LogP contribution in [0.15, 0.2) is 59.7 Å². The molecule has 2 aromatic carbocycles. The lowest BCUT2D eigenvalue weighted by Crippen LogP contribution is -2.56. The van der Waals surface area contributed by atoms with E-state index in [9.17, 15) is 0 Å². The number of hydrazone groups is 1. The summed E-state index contributed by atoms with van der Waals surface area (Å²) in [5.41, 5.74) is 7.23. The maximum absolute atomic E-state index is 6.01. The van der Waals surface area contributed by atoms with Crippen LogP contribution in [0.1, 0.15) is 30.0 Å². The summed E-state index contributed by atoms with van der Waals surface area (Å²) in [6.07, 6.45) is 2.54. The second-order valence-electron chi connectivity index (χ2n) is 7.25. The molecule has 2 atom stereocenters. The Morgan fingerprint density at radius 1 is 1.04 bits per heavy atom. The van der Waals surface area contributed by atoms with Crippen LogP contribution in [0.3, 0.4) is 0 Å². The van der Waals surface area contributed by atoms with E-state index in [1.807, 2.05) is 24.3 Å². The Labute approximate surface area is 148 Å². The molecule has 25 heavy (non-hydrogen) atoms. The highest BCUT2D eigenvalue weighted by molar-refractivity contribution is 5.95. The number of benzene rings is 2. The van der Waals surface area contributed by atoms with Crippen LogP contribution < -0.4 is 10.2 Å². The Morgan fingerprint density at radius 3 is 2.72 bits per heavy atom. The van der Waals surface area contributed by atoms with E-state index < -0.39 is 0 Å². The van der Waals surface area contributed by atoms with E-state index in [-0.39, 0.29) is 6.04 Å². The fraction of sp³-hybridized carbons (Fsp3) is 0.381. The molecule has 128 valence electrons. The largest absolute Gasteiger partial charge is 0.489 e. The van der Waals surface area contributed by atoms with E-state index in [0.29, 0.717) is 18.6 Å². The fourth-order valence-corrected chi connectivity index (χ4v) is 4.45. The van der Waals surface area contributed by atoms with Crippen molar-refractivity contribution >= 4 is 5.71 Å². The van der Waals surface area contributed by atoms with Gasteiger partial charge in [0.25, 0.3) is 0 Å². The molecule has 2 aromatic rings. The number of hydrogen-bond acceptors (Lipinski definition) is 4. The van der Waals surface area contributed by atoms with Crippen LogP contribution in [0.5, 0.6) is 5.75 Å². The first kappa shape index (κ1) is 15.0. The highest BCUT2D eigenvalue weighted by Crippen LogP contribution is 2.39. The third kappa shape index (κ3) is 2.71. The molecule has 1 N–H and O–H groups in total. The zero-order valence-corrected chi connectivity index (χ0v) is 14.3. The van der Waals surface area contributed by atoms with Crippen molar-refractivity contribution < 1.29 is 4.74 Å². The zero-order chi connectivity index (χ0) is 16.6. The number of nitrogens with zero attached hydrogens (tertiary/aromatic N) is 2. The summed E-state index contributed by atoms with van der Waals surface area (Å²) in [7, 11) is 0. The molecular formula is C21H23N3O. The summed E-state index contributed by atoms with van der Waals surface area (Å²) >= 11 is 0. The van der Waals surface area contributed by atoms with Crippen LogP contribution in [-0.2, 0) is 6.61 Å². The predicted octanol–water partition coefficient (Wildman–Crippen LogP) is 3.36. The molecule has 4 heteroatoms. The molecule has 0 amide bonds. The molecule has 0 aromatic heterocycles. The molecule has 2 unspecified atom stereocenters. The number of hydrogen-bond donors (Lipinski definition) is 1. The molecule has 4 aliphatic heterocycles. The van der Waals surface area contributed by atoms with Gasteiger partial charge in [-0.05, 0) is 49.2 Å². The molecule has 0 aliphatic carbocycles. The van der Waals surface area contributed by atoms with Gasteiger partial charge < -0.3 is 10.2 Å². The minimum Gasteiger partial charge on any atom is -0.489 e. The van der Waals surface area contributed by atoms with Gasteiger partial charge in [-0.1, -0.05) is 42.5 Å². The van der Waals surface area contributed by atoms with E-state index >= 15 is 0 Å². The Morgan fingerprint density at radius 2 is 1.88 bits per heavy atom. The standard InChI is InChI=1S/C21H23N3O/c1-2-5-15(6-3-1)14-25-18-8-4-7-17(13-18)20-21-19(22-23-20)16-9-11-24(21)12-10-16/h1-8,13,16,20-21,23H,9-12,14H2. The third-order valence-electron chi connectivity index (χ3n) is 5.76. The second-order valence-corrected chi connectivity index (χ2v) is 7.25. The molecule has 4 nitrogen and oxygen atoms in total. The van der Waals surface area contributed by atoms with Crippen LogP contribution in [0, 0.1) is 5.92 Å². The monoisotopic (exact) mass is 333 g/mol. The van der Waals surface area contributed by atoms with E-state index in [1.54, 1.807) is 0 Å². The van der Waals surface area contributed by atoms with Crippen molar-refractivity contribution in [2.45, 2.75) is 31.5 Å². The summed E-state index contributed by atoms with van der Waals surface area (Å²) in [4.78, 5) is 2.60. The normalized spacial score (nSPS) is 29.7. The van der Waals surface area contributed by atoms with Gasteiger partial charge in [0.1, 0.15) is 12.4 Å². The molecular weight excluding hydrogens is 310 g/mol. The molecule has 3 fully saturated rings. The van der Waals surface area contributed by atoms with Crippen LogP contribution in [0.2, 0.25) is 0 Å². The number of piperidine rings is 3. The topological polar surface area (TPSA) is 36.9 Å². The van der Waals surface area contributed by atoms with Crippen molar-refractivity contribution in [3.8, 4) is 5.75 Å². The summed E-state index contributed by atoms with van der Waals surface area (Å²) in [6, 6.07) is 19.5. The Kier molecular flexibility index (Phi) is 3.71. The van der Waals surface area contributed by atoms with Crippen molar-refractivity contribution in [2.24, 2.45) is 11.0 Å². The van der Waals surface area contributed by atoms with Gasteiger partial charge in [-0.15, -0.1) is 0 Å². The number of ether oxygens (including phenoxy) is 1. The molecule has 0 radical (unpaired) electrons. The van der Waals surface area contributed by atoms with Gasteiger partial charge in [-0.25, -0.2) is 0 Å². The summed E-state index contributed by atoms with van der Waals surface area (Å²) in [5.74, 6) is 1.61. The fourth-order valence-electron chi connectivity index (χ4n) is 4.45. The first-order chi connectivity index (χ1) is 12.4. The smallest absolute Gasteiger partial charge is 0.120 e. The highest BCUT2D eigenvalue weighted by Gasteiger charge is 2.46. The van der Waals surface area contributed by atoms with Crippen molar-refractivity contribution in [2.75, 3.05) is 13.1 Å². The lowest BCUT2D eigenvalue weighted by molar-refractivity contribution is 0.133. The number of nitrogens with one attached hydrogen (secondary N) is 1. The van der Waals surface area contributed by atoms with E-state index in [0.717, 1.165) is 5.75 Å². The van der Waals surface area contributed by atoms with Crippen molar-refractivity contribution in [1.82, 2.24) is 10.3 Å². The summed E-state index contributed by atoms with van der Waals surface area (Å²) in [5, 5.41) is 4.71. The minimum atomic E-state index is 0.248. The highest BCUT2D eigenvalue weighted by atomic mass is 16.5. The molecule has 4 heterocycles.